The Balaban J connectivity index is 0.000000249. The lowest BCUT2D eigenvalue weighted by molar-refractivity contribution is -0.931. The molecule has 2 fully saturated rings. The molecule has 0 aromatic rings. The fraction of sp³-hybridized carbons (Fsp3) is 0.846. The minimum absolute atomic E-state index is 1.28. The zero-order valence-electron chi connectivity index (χ0n) is 10.6. The van der Waals surface area contributed by atoms with Crippen LogP contribution in [0.3, 0.4) is 0 Å². The minimum atomic E-state index is 1.28. The third-order valence-electron chi connectivity index (χ3n) is 3.88. The summed E-state index contributed by atoms with van der Waals surface area (Å²) in [7, 11) is 0. The Hall–Kier alpha value is -1.17. The lowest BCUT2D eigenvalue weighted by Gasteiger charge is -2.40. The van der Waals surface area contributed by atoms with Gasteiger partial charge in [0.25, 0.3) is 0 Å². The number of piperidine rings is 1. The van der Waals surface area contributed by atoms with Crippen molar-refractivity contribution in [1.29, 1.82) is 5.26 Å². The van der Waals surface area contributed by atoms with Gasteiger partial charge in [-0.2, -0.15) is 5.26 Å². The molecule has 0 aliphatic carbocycles. The van der Waals surface area contributed by atoms with Crippen LogP contribution in [0.25, 0.3) is 5.41 Å². The highest BCUT2D eigenvalue weighted by Crippen LogP contribution is 2.24. The average Bonchev–Trinajstić information content (AvgIpc) is 2.58. The normalized spacial score (nSPS) is 22.3. The lowest BCUT2D eigenvalue weighted by Crippen LogP contribution is -2.51. The molecular weight excluding hydrogens is 212 g/mol. The maximum atomic E-state index is 7.43. The number of aliphatic imine (C=N–C) groups is 1. The monoisotopic (exact) mass is 234 g/mol. The molecule has 0 aromatic heterocycles. The van der Waals surface area contributed by atoms with Crippen LogP contribution in [0.1, 0.15) is 44.9 Å². The lowest BCUT2D eigenvalue weighted by atomic mass is 10.1. The van der Waals surface area contributed by atoms with Gasteiger partial charge in [0.15, 0.2) is 0 Å². The van der Waals surface area contributed by atoms with Gasteiger partial charge in [0.2, 0.25) is 0 Å². The van der Waals surface area contributed by atoms with Crippen molar-refractivity contribution in [3.05, 3.63) is 5.41 Å². The number of quaternary nitrogens is 1. The predicted molar refractivity (Wildman–Crippen MR) is 68.5 cm³/mol. The van der Waals surface area contributed by atoms with Gasteiger partial charge < -0.3 is 14.9 Å². The van der Waals surface area contributed by atoms with Crippen molar-refractivity contribution in [1.82, 2.24) is 0 Å². The zero-order chi connectivity index (χ0) is 12.4. The van der Waals surface area contributed by atoms with E-state index in [1.54, 1.807) is 0 Å². The predicted octanol–water partition coefficient (Wildman–Crippen LogP) is 2.77. The summed E-state index contributed by atoms with van der Waals surface area (Å²) in [5, 5.41) is 14.9. The van der Waals surface area contributed by atoms with E-state index in [0.717, 1.165) is 0 Å². The first-order valence-corrected chi connectivity index (χ1v) is 6.66. The van der Waals surface area contributed by atoms with Crippen molar-refractivity contribution < 1.29 is 4.48 Å². The summed E-state index contributed by atoms with van der Waals surface area (Å²) in [5.41, 5.74) is 0. The molecular formula is C13H22N4. The second kappa shape index (κ2) is 8.00. The Morgan fingerprint density at radius 1 is 0.824 bits per heavy atom. The second-order valence-electron chi connectivity index (χ2n) is 5.02. The van der Waals surface area contributed by atoms with E-state index in [0.29, 0.717) is 0 Å². The molecule has 2 aliphatic heterocycles. The Morgan fingerprint density at radius 3 is 1.53 bits per heavy atom. The van der Waals surface area contributed by atoms with Crippen LogP contribution in [0.2, 0.25) is 0 Å². The third kappa shape index (κ3) is 5.12. The van der Waals surface area contributed by atoms with Crippen molar-refractivity contribution in [3.8, 4) is 6.19 Å². The first-order chi connectivity index (χ1) is 8.33. The quantitative estimate of drug-likeness (QED) is 0.361. The molecule has 2 heterocycles. The summed E-state index contributed by atoms with van der Waals surface area (Å²) in [6.45, 7) is 6.00. The van der Waals surface area contributed by atoms with Crippen LogP contribution in [0.5, 0.6) is 0 Å². The van der Waals surface area contributed by atoms with Gasteiger partial charge in [0.1, 0.15) is 0 Å². The maximum Gasteiger partial charge on any atom is 0.0925 e. The van der Waals surface area contributed by atoms with Gasteiger partial charge in [-0.15, -0.1) is 6.01 Å². The van der Waals surface area contributed by atoms with Crippen molar-refractivity contribution in [2.45, 2.75) is 44.9 Å². The molecule has 0 saturated carbocycles. The fourth-order valence-corrected chi connectivity index (χ4v) is 3.01. The van der Waals surface area contributed by atoms with Gasteiger partial charge in [-0.05, 0) is 44.9 Å². The summed E-state index contributed by atoms with van der Waals surface area (Å²) in [6, 6.07) is 1.28. The molecule has 1 spiro atoms. The topological polar surface area (TPSA) is 58.5 Å². The SMILES string of the molecule is C1CCC[N+]2(CC1)CCCCC2.N#CN=C=[N-]. The number of nitrogens with zero attached hydrogens (tertiary/aromatic N) is 4. The van der Waals surface area contributed by atoms with Gasteiger partial charge >= 0.3 is 0 Å². The minimum Gasteiger partial charge on any atom is -0.422 e. The highest BCUT2D eigenvalue weighted by Gasteiger charge is 2.29. The van der Waals surface area contributed by atoms with Crippen LogP contribution in [0.4, 0.5) is 0 Å². The van der Waals surface area contributed by atoms with Crippen molar-refractivity contribution in [2.75, 3.05) is 26.2 Å². The number of hydrogen-bond acceptors (Lipinski definition) is 2. The van der Waals surface area contributed by atoms with Gasteiger partial charge in [-0.3, -0.25) is 0 Å². The molecule has 0 amide bonds. The summed E-state index contributed by atoms with van der Waals surface area (Å²) < 4.78 is 1.50. The molecule has 0 aromatic carbocycles. The van der Waals surface area contributed by atoms with E-state index in [4.69, 9.17) is 10.7 Å². The molecule has 4 nitrogen and oxygen atoms in total. The Bertz CT molecular complexity index is 283. The first kappa shape index (κ1) is 13.9. The van der Waals surface area contributed by atoms with E-state index in [1.165, 1.54) is 87.8 Å². The molecule has 94 valence electrons. The van der Waals surface area contributed by atoms with Crippen molar-refractivity contribution >= 4 is 6.01 Å². The zero-order valence-corrected chi connectivity index (χ0v) is 10.6. The summed E-state index contributed by atoms with van der Waals surface area (Å²) in [5.74, 6) is 0. The van der Waals surface area contributed by atoms with Gasteiger partial charge in [-0.1, -0.05) is 0 Å². The molecule has 0 bridgehead atoms. The number of nitriles is 1. The van der Waals surface area contributed by atoms with Gasteiger partial charge in [0.05, 0.1) is 32.4 Å². The van der Waals surface area contributed by atoms with E-state index in [-0.39, 0.29) is 0 Å². The molecule has 17 heavy (non-hydrogen) atoms. The summed E-state index contributed by atoms with van der Waals surface area (Å²) >= 11 is 0. The maximum absolute atomic E-state index is 7.43. The van der Waals surface area contributed by atoms with Gasteiger partial charge in [-0.25, -0.2) is 0 Å². The molecule has 4 heteroatoms. The largest absolute Gasteiger partial charge is 0.422 e. The van der Waals surface area contributed by atoms with E-state index < -0.39 is 0 Å². The standard InChI is InChI=1S/C11H22N.C2N3/c1-2-5-9-12(8-4-1)10-6-3-7-11-12;3-1-5-2-4/h1-11H2;/q+1;-1. The second-order valence-corrected chi connectivity index (χ2v) is 5.02. The first-order valence-electron chi connectivity index (χ1n) is 6.66. The van der Waals surface area contributed by atoms with Crippen molar-refractivity contribution in [3.63, 3.8) is 0 Å². The van der Waals surface area contributed by atoms with E-state index in [2.05, 4.69) is 4.99 Å². The van der Waals surface area contributed by atoms with E-state index in [1.807, 2.05) is 0 Å². The Labute approximate surface area is 104 Å². The smallest absolute Gasteiger partial charge is 0.0925 e. The van der Waals surface area contributed by atoms with Gasteiger partial charge in [0, 0.05) is 0 Å². The van der Waals surface area contributed by atoms with Crippen LogP contribution in [-0.4, -0.2) is 36.7 Å². The summed E-state index contributed by atoms with van der Waals surface area (Å²) in [4.78, 5) is 2.58. The Kier molecular flexibility index (Phi) is 6.54. The van der Waals surface area contributed by atoms with Crippen LogP contribution in [-0.2, 0) is 0 Å². The summed E-state index contributed by atoms with van der Waals surface area (Å²) in [6.07, 6.45) is 11.8. The number of hydrogen-bond donors (Lipinski definition) is 0. The van der Waals surface area contributed by atoms with E-state index in [9.17, 15) is 0 Å². The third-order valence-corrected chi connectivity index (χ3v) is 3.88. The molecule has 2 aliphatic rings. The van der Waals surface area contributed by atoms with Crippen LogP contribution in [0.15, 0.2) is 4.99 Å². The molecule has 0 unspecified atom stereocenters. The average molecular weight is 234 g/mol. The highest BCUT2D eigenvalue weighted by molar-refractivity contribution is 5.46. The van der Waals surface area contributed by atoms with Crippen LogP contribution >= 0.6 is 0 Å². The molecule has 2 rings (SSSR count). The fourth-order valence-electron chi connectivity index (χ4n) is 3.01. The highest BCUT2D eigenvalue weighted by atomic mass is 15.4. The van der Waals surface area contributed by atoms with Crippen LogP contribution in [0, 0.1) is 11.5 Å². The molecule has 0 N–H and O–H groups in total. The van der Waals surface area contributed by atoms with E-state index >= 15 is 0 Å². The van der Waals surface area contributed by atoms with Crippen molar-refractivity contribution in [2.24, 2.45) is 4.99 Å². The molecule has 0 atom stereocenters. The molecule has 2 saturated heterocycles. The van der Waals surface area contributed by atoms with Crippen LogP contribution < -0.4 is 0 Å². The number of rotatable bonds is 0. The Morgan fingerprint density at radius 2 is 1.24 bits per heavy atom. The molecule has 0 radical (unpaired) electrons.